The Bertz CT molecular complexity index is 458. The fourth-order valence-electron chi connectivity index (χ4n) is 2.56. The largest absolute Gasteiger partial charge is 0.484 e. The third kappa shape index (κ3) is 3.93. The van der Waals surface area contributed by atoms with Gasteiger partial charge >= 0.3 is 0 Å². The lowest BCUT2D eigenvalue weighted by molar-refractivity contribution is -0.123. The molecule has 110 valence electrons. The summed E-state index contributed by atoms with van der Waals surface area (Å²) in [5, 5.41) is 12.2. The number of benzene rings is 1. The van der Waals surface area contributed by atoms with Crippen LogP contribution >= 0.6 is 0 Å². The molecule has 0 radical (unpaired) electrons. The number of nitrogens with one attached hydrogen (secondary N) is 1. The van der Waals surface area contributed by atoms with Crippen molar-refractivity contribution < 1.29 is 19.0 Å². The van der Waals surface area contributed by atoms with Gasteiger partial charge in [-0.2, -0.15) is 0 Å². The zero-order valence-electron chi connectivity index (χ0n) is 11.4. The highest BCUT2D eigenvalue weighted by atomic mass is 19.1. The number of amides is 1. The van der Waals surface area contributed by atoms with Crippen LogP contribution in [-0.4, -0.2) is 30.8 Å². The number of aliphatic hydroxyl groups is 1. The van der Waals surface area contributed by atoms with Crippen molar-refractivity contribution in [3.63, 3.8) is 0 Å². The van der Waals surface area contributed by atoms with Crippen molar-refractivity contribution in [3.05, 3.63) is 30.1 Å². The summed E-state index contributed by atoms with van der Waals surface area (Å²) in [4.78, 5) is 11.7. The topological polar surface area (TPSA) is 58.6 Å². The standard InChI is InChI=1S/C15H20FNO3/c16-12-4-3-5-13(8-12)20-9-14(19)17-10-15(11-18)6-1-2-7-15/h3-5,8,18H,1-2,6-7,9-11H2,(H,17,19). The van der Waals surface area contributed by atoms with Gasteiger partial charge in [0.05, 0.1) is 6.61 Å². The Balaban J connectivity index is 1.75. The van der Waals surface area contributed by atoms with Gasteiger partial charge in [0.25, 0.3) is 5.91 Å². The van der Waals surface area contributed by atoms with E-state index in [2.05, 4.69) is 5.32 Å². The summed E-state index contributed by atoms with van der Waals surface area (Å²) in [7, 11) is 0. The number of carbonyl (C=O) groups excluding carboxylic acids is 1. The zero-order chi connectivity index (χ0) is 14.4. The molecule has 1 aromatic carbocycles. The van der Waals surface area contributed by atoms with Crippen molar-refractivity contribution >= 4 is 5.91 Å². The van der Waals surface area contributed by atoms with Crippen LogP contribution in [0.15, 0.2) is 24.3 Å². The summed E-state index contributed by atoms with van der Waals surface area (Å²) >= 11 is 0. The fourth-order valence-corrected chi connectivity index (χ4v) is 2.56. The minimum absolute atomic E-state index is 0.0953. The Morgan fingerprint density at radius 3 is 2.80 bits per heavy atom. The van der Waals surface area contributed by atoms with E-state index in [4.69, 9.17) is 4.74 Å². The van der Waals surface area contributed by atoms with Gasteiger partial charge in [0.15, 0.2) is 6.61 Å². The van der Waals surface area contributed by atoms with Crippen LogP contribution in [-0.2, 0) is 4.79 Å². The molecule has 4 nitrogen and oxygen atoms in total. The number of ether oxygens (including phenoxy) is 1. The first kappa shape index (κ1) is 14.8. The van der Waals surface area contributed by atoms with Crippen molar-refractivity contribution in [2.45, 2.75) is 25.7 Å². The number of aliphatic hydroxyl groups excluding tert-OH is 1. The molecule has 1 aliphatic carbocycles. The third-order valence-electron chi connectivity index (χ3n) is 3.83. The highest BCUT2D eigenvalue weighted by Gasteiger charge is 2.33. The summed E-state index contributed by atoms with van der Waals surface area (Å²) < 4.78 is 18.1. The molecular formula is C15H20FNO3. The molecule has 0 spiro atoms. The van der Waals surface area contributed by atoms with Gasteiger partial charge in [0.2, 0.25) is 0 Å². The number of carbonyl (C=O) groups is 1. The van der Waals surface area contributed by atoms with Crippen LogP contribution in [0.3, 0.4) is 0 Å². The molecule has 0 heterocycles. The summed E-state index contributed by atoms with van der Waals surface area (Å²) in [5.41, 5.74) is -0.172. The van der Waals surface area contributed by atoms with Gasteiger partial charge in [-0.25, -0.2) is 4.39 Å². The van der Waals surface area contributed by atoms with Crippen molar-refractivity contribution in [1.82, 2.24) is 5.32 Å². The fraction of sp³-hybridized carbons (Fsp3) is 0.533. The lowest BCUT2D eigenvalue weighted by Gasteiger charge is -2.26. The molecule has 0 atom stereocenters. The summed E-state index contributed by atoms with van der Waals surface area (Å²) in [6.07, 6.45) is 4.06. The molecule has 1 aromatic rings. The van der Waals surface area contributed by atoms with Gasteiger partial charge in [0.1, 0.15) is 11.6 Å². The molecule has 0 saturated heterocycles. The smallest absolute Gasteiger partial charge is 0.257 e. The average molecular weight is 281 g/mol. The molecule has 2 N–H and O–H groups in total. The highest BCUT2D eigenvalue weighted by molar-refractivity contribution is 5.77. The van der Waals surface area contributed by atoms with Gasteiger partial charge < -0.3 is 15.2 Å². The summed E-state index contributed by atoms with van der Waals surface area (Å²) in [5.74, 6) is -0.319. The van der Waals surface area contributed by atoms with Gasteiger partial charge in [-0.05, 0) is 25.0 Å². The number of halogens is 1. The monoisotopic (exact) mass is 281 g/mol. The highest BCUT2D eigenvalue weighted by Crippen LogP contribution is 2.36. The van der Waals surface area contributed by atoms with Crippen LogP contribution in [0.5, 0.6) is 5.75 Å². The van der Waals surface area contributed by atoms with Crippen LogP contribution < -0.4 is 10.1 Å². The van der Waals surface area contributed by atoms with E-state index < -0.39 is 5.82 Å². The minimum atomic E-state index is -0.395. The molecule has 1 aliphatic rings. The lowest BCUT2D eigenvalue weighted by atomic mass is 9.87. The molecule has 1 saturated carbocycles. The van der Waals surface area contributed by atoms with E-state index in [1.165, 1.54) is 18.2 Å². The van der Waals surface area contributed by atoms with Crippen LogP contribution in [0.2, 0.25) is 0 Å². The Hall–Kier alpha value is -1.62. The van der Waals surface area contributed by atoms with Crippen molar-refractivity contribution in [2.24, 2.45) is 5.41 Å². The van der Waals surface area contributed by atoms with Gasteiger partial charge in [-0.15, -0.1) is 0 Å². The van der Waals surface area contributed by atoms with Crippen molar-refractivity contribution in [2.75, 3.05) is 19.8 Å². The molecule has 5 heteroatoms. The predicted octanol–water partition coefficient (Wildman–Crippen LogP) is 1.87. The number of hydrogen-bond acceptors (Lipinski definition) is 3. The normalized spacial score (nSPS) is 16.9. The average Bonchev–Trinajstić information content (AvgIpc) is 2.92. The summed E-state index contributed by atoms with van der Waals surface area (Å²) in [6.45, 7) is 0.415. The maximum absolute atomic E-state index is 12.9. The van der Waals surface area contributed by atoms with Gasteiger partial charge in [-0.1, -0.05) is 18.9 Å². The van der Waals surface area contributed by atoms with Crippen LogP contribution in [0, 0.1) is 11.2 Å². The molecule has 2 rings (SSSR count). The SMILES string of the molecule is O=C(COc1cccc(F)c1)NCC1(CO)CCCC1. The van der Waals surface area contributed by atoms with E-state index in [1.807, 2.05) is 0 Å². The maximum atomic E-state index is 12.9. The van der Waals surface area contributed by atoms with Gasteiger partial charge in [-0.3, -0.25) is 4.79 Å². The molecule has 0 aromatic heterocycles. The molecule has 20 heavy (non-hydrogen) atoms. The summed E-state index contributed by atoms with van der Waals surface area (Å²) in [6, 6.07) is 5.68. The Morgan fingerprint density at radius 1 is 1.40 bits per heavy atom. The minimum Gasteiger partial charge on any atom is -0.484 e. The number of rotatable bonds is 6. The van der Waals surface area contributed by atoms with Crippen LogP contribution in [0.4, 0.5) is 4.39 Å². The van der Waals surface area contributed by atoms with E-state index in [0.717, 1.165) is 25.7 Å². The Labute approximate surface area is 117 Å². The van der Waals surface area contributed by atoms with E-state index in [0.29, 0.717) is 12.3 Å². The zero-order valence-corrected chi connectivity index (χ0v) is 11.4. The van der Waals surface area contributed by atoms with Crippen LogP contribution in [0.1, 0.15) is 25.7 Å². The molecule has 1 amide bonds. The second-order valence-electron chi connectivity index (χ2n) is 5.39. The molecule has 0 unspecified atom stereocenters. The molecular weight excluding hydrogens is 261 g/mol. The van der Waals surface area contributed by atoms with E-state index >= 15 is 0 Å². The van der Waals surface area contributed by atoms with E-state index in [1.54, 1.807) is 6.07 Å². The van der Waals surface area contributed by atoms with Gasteiger partial charge in [0, 0.05) is 18.0 Å². The Morgan fingerprint density at radius 2 is 2.15 bits per heavy atom. The predicted molar refractivity (Wildman–Crippen MR) is 72.9 cm³/mol. The second-order valence-corrected chi connectivity index (χ2v) is 5.39. The third-order valence-corrected chi connectivity index (χ3v) is 3.83. The second kappa shape index (κ2) is 6.70. The number of hydrogen-bond donors (Lipinski definition) is 2. The van der Waals surface area contributed by atoms with Crippen molar-refractivity contribution in [3.8, 4) is 5.75 Å². The van der Waals surface area contributed by atoms with E-state index in [-0.39, 0.29) is 24.5 Å². The lowest BCUT2D eigenvalue weighted by Crippen LogP contribution is -2.40. The first-order chi connectivity index (χ1) is 9.63. The van der Waals surface area contributed by atoms with E-state index in [9.17, 15) is 14.3 Å². The molecule has 1 fully saturated rings. The first-order valence-electron chi connectivity index (χ1n) is 6.89. The quantitative estimate of drug-likeness (QED) is 0.837. The molecule has 0 bridgehead atoms. The van der Waals surface area contributed by atoms with Crippen molar-refractivity contribution in [1.29, 1.82) is 0 Å². The van der Waals surface area contributed by atoms with Crippen LogP contribution in [0.25, 0.3) is 0 Å². The molecule has 0 aliphatic heterocycles. The maximum Gasteiger partial charge on any atom is 0.257 e. The first-order valence-corrected chi connectivity index (χ1v) is 6.89. The Kier molecular flexibility index (Phi) is 4.95.